The molecule has 10 nitrogen and oxygen atoms in total. The molecule has 2 aromatic heterocycles. The van der Waals surface area contributed by atoms with Gasteiger partial charge < -0.3 is 5.32 Å². The Morgan fingerprint density at radius 3 is 2.89 bits per heavy atom. The second-order valence-corrected chi connectivity index (χ2v) is 6.23. The van der Waals surface area contributed by atoms with Gasteiger partial charge in [0.1, 0.15) is 12.2 Å². The van der Waals surface area contributed by atoms with Gasteiger partial charge in [-0.25, -0.2) is 18.1 Å². The van der Waals surface area contributed by atoms with E-state index in [9.17, 15) is 13.2 Å². The van der Waals surface area contributed by atoms with Crippen LogP contribution >= 0.6 is 11.3 Å². The fraction of sp³-hybridized carbons (Fsp3) is 0.286. The number of aromatic nitrogens is 5. The molecule has 0 aliphatic rings. The predicted molar refractivity (Wildman–Crippen MR) is 64.6 cm³/mol. The molecule has 0 saturated carbocycles. The number of nitrogens with one attached hydrogen (secondary N) is 3. The summed E-state index contributed by atoms with van der Waals surface area (Å²) in [7, 11) is -3.80. The molecule has 2 rings (SSSR count). The molecule has 0 aromatic carbocycles. The summed E-state index contributed by atoms with van der Waals surface area (Å²) in [6.07, 6.45) is 1.27. The van der Waals surface area contributed by atoms with Crippen LogP contribution in [0.4, 0.5) is 5.13 Å². The highest BCUT2D eigenvalue weighted by molar-refractivity contribution is 7.91. The third-order valence-corrected chi connectivity index (χ3v) is 4.42. The lowest BCUT2D eigenvalue weighted by Gasteiger charge is -1.99. The first-order chi connectivity index (χ1) is 8.97. The van der Waals surface area contributed by atoms with Crippen molar-refractivity contribution in [3.05, 3.63) is 12.2 Å². The van der Waals surface area contributed by atoms with Crippen LogP contribution in [0.25, 0.3) is 0 Å². The van der Waals surface area contributed by atoms with Gasteiger partial charge in [-0.2, -0.15) is 5.10 Å². The zero-order chi connectivity index (χ0) is 13.9. The summed E-state index contributed by atoms with van der Waals surface area (Å²) in [6, 6.07) is 0. The van der Waals surface area contributed by atoms with E-state index >= 15 is 0 Å². The van der Waals surface area contributed by atoms with Crippen molar-refractivity contribution in [1.82, 2.24) is 30.1 Å². The van der Waals surface area contributed by atoms with E-state index in [4.69, 9.17) is 0 Å². The maximum Gasteiger partial charge on any atom is 0.270 e. The number of aromatic amines is 1. The normalized spacial score (nSPS) is 11.4. The minimum atomic E-state index is -3.80. The summed E-state index contributed by atoms with van der Waals surface area (Å²) >= 11 is 0.754. The number of amides is 1. The topological polar surface area (TPSA) is 143 Å². The summed E-state index contributed by atoms with van der Waals surface area (Å²) in [4.78, 5) is 14.6. The molecule has 1 amide bonds. The van der Waals surface area contributed by atoms with Crippen LogP contribution in [-0.4, -0.2) is 39.7 Å². The molecule has 12 heteroatoms. The summed E-state index contributed by atoms with van der Waals surface area (Å²) in [5.74, 6) is 0.0184. The van der Waals surface area contributed by atoms with Crippen molar-refractivity contribution in [1.29, 1.82) is 0 Å². The SMILES string of the molecule is CC(=O)Nc1nnc(S(=O)(=O)NCc2ncn[nH]2)s1. The summed E-state index contributed by atoms with van der Waals surface area (Å²) < 4.78 is 25.7. The molecule has 0 saturated heterocycles. The molecule has 0 spiro atoms. The van der Waals surface area contributed by atoms with Crippen molar-refractivity contribution >= 4 is 32.4 Å². The molecule has 0 atom stereocenters. The van der Waals surface area contributed by atoms with Crippen LogP contribution in [0.2, 0.25) is 0 Å². The molecule has 2 heterocycles. The van der Waals surface area contributed by atoms with Gasteiger partial charge in [-0.3, -0.25) is 9.89 Å². The zero-order valence-electron chi connectivity index (χ0n) is 9.61. The molecule has 0 aliphatic carbocycles. The smallest absolute Gasteiger partial charge is 0.270 e. The van der Waals surface area contributed by atoms with E-state index in [1.54, 1.807) is 0 Å². The fourth-order valence-corrected chi connectivity index (χ4v) is 3.03. The highest BCUT2D eigenvalue weighted by atomic mass is 32.2. The average Bonchev–Trinajstić information content (AvgIpc) is 2.96. The third kappa shape index (κ3) is 3.52. The Labute approximate surface area is 111 Å². The van der Waals surface area contributed by atoms with Gasteiger partial charge in [-0.1, -0.05) is 11.3 Å². The lowest BCUT2D eigenvalue weighted by molar-refractivity contribution is -0.114. The zero-order valence-corrected chi connectivity index (χ0v) is 11.2. The van der Waals surface area contributed by atoms with Crippen molar-refractivity contribution in [2.75, 3.05) is 5.32 Å². The van der Waals surface area contributed by atoms with Gasteiger partial charge in [0, 0.05) is 6.92 Å². The van der Waals surface area contributed by atoms with Gasteiger partial charge in [-0.15, -0.1) is 10.2 Å². The number of nitrogens with zero attached hydrogens (tertiary/aromatic N) is 4. The Morgan fingerprint density at radius 2 is 2.26 bits per heavy atom. The van der Waals surface area contributed by atoms with E-state index in [-0.39, 0.29) is 21.9 Å². The minimum absolute atomic E-state index is 0.0443. The van der Waals surface area contributed by atoms with E-state index < -0.39 is 10.0 Å². The Hall–Kier alpha value is -1.92. The molecule has 0 bridgehead atoms. The number of hydrogen-bond donors (Lipinski definition) is 3. The molecule has 0 fully saturated rings. The van der Waals surface area contributed by atoms with Crippen LogP contribution in [0.3, 0.4) is 0 Å². The van der Waals surface area contributed by atoms with Crippen molar-refractivity contribution < 1.29 is 13.2 Å². The number of anilines is 1. The molecular formula is C7H9N7O3S2. The van der Waals surface area contributed by atoms with Crippen molar-refractivity contribution in [2.45, 2.75) is 17.8 Å². The molecule has 3 N–H and O–H groups in total. The monoisotopic (exact) mass is 303 g/mol. The summed E-state index contributed by atoms with van der Waals surface area (Å²) in [5, 5.41) is 15.6. The second kappa shape index (κ2) is 5.38. The largest absolute Gasteiger partial charge is 0.301 e. The number of hydrogen-bond acceptors (Lipinski definition) is 8. The van der Waals surface area contributed by atoms with Crippen LogP contribution in [0, 0.1) is 0 Å². The highest BCUT2D eigenvalue weighted by Crippen LogP contribution is 2.19. The van der Waals surface area contributed by atoms with E-state index in [1.807, 2.05) is 0 Å². The van der Waals surface area contributed by atoms with Crippen LogP contribution in [-0.2, 0) is 21.4 Å². The molecule has 102 valence electrons. The molecule has 19 heavy (non-hydrogen) atoms. The number of rotatable bonds is 5. The highest BCUT2D eigenvalue weighted by Gasteiger charge is 2.20. The van der Waals surface area contributed by atoms with Crippen molar-refractivity contribution in [3.63, 3.8) is 0 Å². The molecular weight excluding hydrogens is 294 g/mol. The van der Waals surface area contributed by atoms with Crippen LogP contribution in [0.1, 0.15) is 12.7 Å². The predicted octanol–water partition coefficient (Wildman–Crippen LogP) is -0.907. The summed E-state index contributed by atoms with van der Waals surface area (Å²) in [6.45, 7) is 1.25. The Bertz CT molecular complexity index is 663. The standard InChI is InChI=1S/C7H9N7O3S2/c1-4(15)11-6-13-14-7(18-6)19(16,17)10-2-5-8-3-9-12-5/h3,10H,2H2,1H3,(H,8,9,12)(H,11,13,15). The van der Waals surface area contributed by atoms with Gasteiger partial charge in [0.15, 0.2) is 0 Å². The lowest BCUT2D eigenvalue weighted by Crippen LogP contribution is -2.23. The fourth-order valence-electron chi connectivity index (χ4n) is 1.06. The van der Waals surface area contributed by atoms with Gasteiger partial charge >= 0.3 is 0 Å². The van der Waals surface area contributed by atoms with E-state index in [1.165, 1.54) is 13.3 Å². The maximum absolute atomic E-state index is 11.8. The minimum Gasteiger partial charge on any atom is -0.301 e. The van der Waals surface area contributed by atoms with E-state index in [0.717, 1.165) is 11.3 Å². The van der Waals surface area contributed by atoms with Gasteiger partial charge in [0.05, 0.1) is 6.54 Å². The summed E-state index contributed by atoms with van der Waals surface area (Å²) in [5.41, 5.74) is 0. The molecule has 0 unspecified atom stereocenters. The number of H-pyrrole nitrogens is 1. The van der Waals surface area contributed by atoms with Gasteiger partial charge in [0.2, 0.25) is 15.4 Å². The number of carbonyl (C=O) groups excluding carboxylic acids is 1. The number of carbonyl (C=O) groups is 1. The van der Waals surface area contributed by atoms with Crippen LogP contribution in [0.15, 0.2) is 10.7 Å². The maximum atomic E-state index is 11.8. The third-order valence-electron chi connectivity index (χ3n) is 1.81. The molecule has 2 aromatic rings. The number of sulfonamides is 1. The van der Waals surface area contributed by atoms with Crippen LogP contribution < -0.4 is 10.0 Å². The van der Waals surface area contributed by atoms with E-state index in [0.29, 0.717) is 5.82 Å². The Balaban J connectivity index is 2.06. The van der Waals surface area contributed by atoms with E-state index in [2.05, 4.69) is 35.4 Å². The first kappa shape index (κ1) is 13.5. The Morgan fingerprint density at radius 1 is 1.47 bits per heavy atom. The lowest BCUT2D eigenvalue weighted by atomic mass is 10.6. The first-order valence-electron chi connectivity index (χ1n) is 4.92. The van der Waals surface area contributed by atoms with Gasteiger partial charge in [-0.05, 0) is 0 Å². The molecule has 0 radical (unpaired) electrons. The average molecular weight is 303 g/mol. The quantitative estimate of drug-likeness (QED) is 0.607. The molecule has 0 aliphatic heterocycles. The van der Waals surface area contributed by atoms with Crippen molar-refractivity contribution in [3.8, 4) is 0 Å². The van der Waals surface area contributed by atoms with Crippen LogP contribution in [0.5, 0.6) is 0 Å². The van der Waals surface area contributed by atoms with Gasteiger partial charge in [0.25, 0.3) is 10.0 Å². The first-order valence-corrected chi connectivity index (χ1v) is 7.22. The van der Waals surface area contributed by atoms with Crippen molar-refractivity contribution in [2.24, 2.45) is 0 Å². The second-order valence-electron chi connectivity index (χ2n) is 3.31. The Kier molecular flexibility index (Phi) is 3.82.